The molecular weight excluding hydrogens is 498 g/mol. The highest BCUT2D eigenvalue weighted by atomic mass is 79.9. The van der Waals surface area contributed by atoms with Gasteiger partial charge in [-0.15, -0.1) is 0 Å². The van der Waals surface area contributed by atoms with Gasteiger partial charge in [0, 0.05) is 18.0 Å². The summed E-state index contributed by atoms with van der Waals surface area (Å²) < 4.78 is 36.7. The topological polar surface area (TPSA) is 107 Å². The maximum absolute atomic E-state index is 12.7. The molecule has 2 aromatic carbocycles. The van der Waals surface area contributed by atoms with Crippen LogP contribution in [0.15, 0.2) is 75.4 Å². The van der Waals surface area contributed by atoms with Gasteiger partial charge in [-0.2, -0.15) is 13.5 Å². The first kappa shape index (κ1) is 23.4. The van der Waals surface area contributed by atoms with Crippen molar-refractivity contribution in [1.82, 2.24) is 10.4 Å². The zero-order valence-corrected chi connectivity index (χ0v) is 19.7. The largest absolute Gasteiger partial charge is 0.490 e. The van der Waals surface area contributed by atoms with E-state index in [4.69, 9.17) is 8.92 Å². The normalized spacial score (nSPS) is 11.3. The average molecular weight is 518 g/mol. The highest BCUT2D eigenvalue weighted by Gasteiger charge is 2.22. The van der Waals surface area contributed by atoms with E-state index in [2.05, 4.69) is 31.4 Å². The molecule has 0 atom stereocenters. The molecule has 0 unspecified atom stereocenters. The number of pyridine rings is 1. The Morgan fingerprint density at radius 2 is 1.84 bits per heavy atom. The lowest BCUT2D eigenvalue weighted by Gasteiger charge is -2.14. The van der Waals surface area contributed by atoms with Crippen LogP contribution in [0.3, 0.4) is 0 Å². The number of nitrogens with zero attached hydrogens (tertiary/aromatic N) is 2. The van der Waals surface area contributed by atoms with Crippen molar-refractivity contribution in [3.8, 4) is 11.5 Å². The Morgan fingerprint density at radius 1 is 1.16 bits per heavy atom. The molecule has 166 valence electrons. The summed E-state index contributed by atoms with van der Waals surface area (Å²) in [5.41, 5.74) is 4.31. The standard InChI is InChI=1S/C22H20BrN3O5S/c1-3-30-20-13-16(14-25-26-22(27)17-8-10-24-11-9-17)12-19(23)21(20)31-32(28,29)18-6-4-15(2)5-7-18/h4-14H,3H2,1-2H3,(H,26,27). The Labute approximate surface area is 194 Å². The maximum Gasteiger partial charge on any atom is 0.339 e. The van der Waals surface area contributed by atoms with Crippen LogP contribution >= 0.6 is 15.9 Å². The SMILES string of the molecule is CCOc1cc(C=NNC(=O)c2ccncc2)cc(Br)c1OS(=O)(=O)c1ccc(C)cc1. The highest BCUT2D eigenvalue weighted by Crippen LogP contribution is 2.38. The van der Waals surface area contributed by atoms with Crippen LogP contribution < -0.4 is 14.3 Å². The summed E-state index contributed by atoms with van der Waals surface area (Å²) in [6.45, 7) is 3.91. The fourth-order valence-corrected chi connectivity index (χ4v) is 4.21. The first-order valence-electron chi connectivity index (χ1n) is 9.51. The zero-order chi connectivity index (χ0) is 23.1. The number of halogens is 1. The molecular formula is C22H20BrN3O5S. The van der Waals surface area contributed by atoms with Crippen molar-refractivity contribution in [1.29, 1.82) is 0 Å². The molecule has 1 aromatic heterocycles. The second-order valence-electron chi connectivity index (χ2n) is 6.55. The van der Waals surface area contributed by atoms with Crippen LogP contribution in [0.2, 0.25) is 0 Å². The molecule has 10 heteroatoms. The molecule has 0 saturated heterocycles. The van der Waals surface area contributed by atoms with Gasteiger partial charge >= 0.3 is 10.1 Å². The molecule has 0 saturated carbocycles. The van der Waals surface area contributed by atoms with Gasteiger partial charge in [0.2, 0.25) is 0 Å². The fraction of sp³-hybridized carbons (Fsp3) is 0.136. The van der Waals surface area contributed by atoms with Gasteiger partial charge in [-0.1, -0.05) is 17.7 Å². The van der Waals surface area contributed by atoms with Gasteiger partial charge < -0.3 is 8.92 Å². The van der Waals surface area contributed by atoms with E-state index in [-0.39, 0.29) is 23.0 Å². The monoisotopic (exact) mass is 517 g/mol. The molecule has 1 amide bonds. The van der Waals surface area contributed by atoms with E-state index in [1.165, 1.54) is 30.7 Å². The van der Waals surface area contributed by atoms with Crippen LogP contribution in [0, 0.1) is 6.92 Å². The third-order valence-corrected chi connectivity index (χ3v) is 5.98. The zero-order valence-electron chi connectivity index (χ0n) is 17.3. The predicted octanol–water partition coefficient (Wildman–Crippen LogP) is 4.08. The first-order chi connectivity index (χ1) is 15.3. The predicted molar refractivity (Wildman–Crippen MR) is 124 cm³/mol. The molecule has 0 aliphatic rings. The molecule has 3 rings (SSSR count). The summed E-state index contributed by atoms with van der Waals surface area (Å²) in [6, 6.07) is 12.6. The Morgan fingerprint density at radius 3 is 2.50 bits per heavy atom. The number of aryl methyl sites for hydroxylation is 1. The first-order valence-corrected chi connectivity index (χ1v) is 11.7. The lowest BCUT2D eigenvalue weighted by atomic mass is 10.2. The van der Waals surface area contributed by atoms with Crippen molar-refractivity contribution in [2.45, 2.75) is 18.7 Å². The number of benzene rings is 2. The molecule has 32 heavy (non-hydrogen) atoms. The van der Waals surface area contributed by atoms with Crippen molar-refractivity contribution in [3.63, 3.8) is 0 Å². The summed E-state index contributed by atoms with van der Waals surface area (Å²) >= 11 is 3.34. The van der Waals surface area contributed by atoms with Crippen molar-refractivity contribution < 1.29 is 22.1 Å². The summed E-state index contributed by atoms with van der Waals surface area (Å²) in [4.78, 5) is 16.0. The van der Waals surface area contributed by atoms with Crippen LogP contribution in [0.1, 0.15) is 28.4 Å². The number of hydrazone groups is 1. The van der Waals surface area contributed by atoms with Gasteiger partial charge in [-0.25, -0.2) is 5.43 Å². The summed E-state index contributed by atoms with van der Waals surface area (Å²) in [5.74, 6) is -0.165. The minimum Gasteiger partial charge on any atom is -0.490 e. The highest BCUT2D eigenvalue weighted by molar-refractivity contribution is 9.10. The summed E-state index contributed by atoms with van der Waals surface area (Å²) in [6.07, 6.45) is 4.42. The van der Waals surface area contributed by atoms with Crippen LogP contribution in [-0.4, -0.2) is 32.1 Å². The maximum atomic E-state index is 12.7. The number of aromatic nitrogens is 1. The molecule has 1 heterocycles. The Hall–Kier alpha value is -3.24. The average Bonchev–Trinajstić information content (AvgIpc) is 2.77. The summed E-state index contributed by atoms with van der Waals surface area (Å²) in [5, 5.41) is 3.94. The van der Waals surface area contributed by atoms with Crippen molar-refractivity contribution in [3.05, 3.63) is 82.1 Å². The Kier molecular flexibility index (Phi) is 7.60. The third kappa shape index (κ3) is 5.92. The van der Waals surface area contributed by atoms with E-state index in [0.717, 1.165) is 5.56 Å². The molecule has 0 aliphatic heterocycles. The minimum atomic E-state index is -4.07. The third-order valence-electron chi connectivity index (χ3n) is 4.16. The quantitative estimate of drug-likeness (QED) is 0.274. The number of ether oxygens (including phenoxy) is 1. The molecule has 0 aliphatic carbocycles. The van der Waals surface area contributed by atoms with Crippen LogP contribution in [0.5, 0.6) is 11.5 Å². The van der Waals surface area contributed by atoms with Gasteiger partial charge in [0.15, 0.2) is 11.5 Å². The number of hydrogen-bond donors (Lipinski definition) is 1. The number of nitrogens with one attached hydrogen (secondary N) is 1. The summed E-state index contributed by atoms with van der Waals surface area (Å²) in [7, 11) is -4.07. The van der Waals surface area contributed by atoms with Crippen molar-refractivity contribution in [2.75, 3.05) is 6.61 Å². The lowest BCUT2D eigenvalue weighted by Crippen LogP contribution is -2.17. The fourth-order valence-electron chi connectivity index (χ4n) is 2.60. The second-order valence-corrected chi connectivity index (χ2v) is 8.95. The number of hydrogen-bond acceptors (Lipinski definition) is 7. The van der Waals surface area contributed by atoms with Crippen molar-refractivity contribution in [2.24, 2.45) is 5.10 Å². The van der Waals surface area contributed by atoms with E-state index in [9.17, 15) is 13.2 Å². The van der Waals surface area contributed by atoms with E-state index in [1.807, 2.05) is 6.92 Å². The molecule has 0 radical (unpaired) electrons. The van der Waals surface area contributed by atoms with E-state index in [1.54, 1.807) is 43.3 Å². The number of carbonyl (C=O) groups is 1. The molecule has 0 spiro atoms. The number of rotatable bonds is 8. The number of amides is 1. The molecule has 0 bridgehead atoms. The smallest absolute Gasteiger partial charge is 0.339 e. The van der Waals surface area contributed by atoms with Gasteiger partial charge in [0.1, 0.15) is 4.90 Å². The van der Waals surface area contributed by atoms with Gasteiger partial charge in [-0.05, 0) is 71.7 Å². The van der Waals surface area contributed by atoms with Gasteiger partial charge in [-0.3, -0.25) is 9.78 Å². The van der Waals surface area contributed by atoms with E-state index >= 15 is 0 Å². The minimum absolute atomic E-state index is 0.0189. The van der Waals surface area contributed by atoms with Gasteiger partial charge in [0.05, 0.1) is 17.3 Å². The lowest BCUT2D eigenvalue weighted by molar-refractivity contribution is 0.0955. The Balaban J connectivity index is 1.83. The molecule has 1 N–H and O–H groups in total. The molecule has 8 nitrogen and oxygen atoms in total. The van der Waals surface area contributed by atoms with Crippen LogP contribution in [-0.2, 0) is 10.1 Å². The second kappa shape index (κ2) is 10.4. The molecule has 3 aromatic rings. The van der Waals surface area contributed by atoms with E-state index < -0.39 is 16.0 Å². The molecule has 0 fully saturated rings. The van der Waals surface area contributed by atoms with Crippen molar-refractivity contribution >= 4 is 38.2 Å². The van der Waals surface area contributed by atoms with Gasteiger partial charge in [0.25, 0.3) is 5.91 Å². The Bertz CT molecular complexity index is 1230. The van der Waals surface area contributed by atoms with Crippen LogP contribution in [0.4, 0.5) is 0 Å². The number of carbonyl (C=O) groups excluding carboxylic acids is 1. The van der Waals surface area contributed by atoms with Crippen LogP contribution in [0.25, 0.3) is 0 Å². The van der Waals surface area contributed by atoms with E-state index in [0.29, 0.717) is 15.6 Å².